The Morgan fingerprint density at radius 1 is 1.13 bits per heavy atom. The second-order valence-corrected chi connectivity index (χ2v) is 5.23. The van der Waals surface area contributed by atoms with Crippen molar-refractivity contribution in [2.45, 2.75) is 26.9 Å². The fourth-order valence-electron chi connectivity index (χ4n) is 2.12. The van der Waals surface area contributed by atoms with Crippen molar-refractivity contribution < 1.29 is 14.2 Å². The topological polar surface area (TPSA) is 40.0 Å². The number of benzene rings is 2. The lowest BCUT2D eigenvalue weighted by molar-refractivity contribution is 0.230. The molecule has 0 atom stereocenters. The number of para-hydroxylation sites is 1. The maximum Gasteiger partial charge on any atom is 0.170 e. The maximum atomic E-state index is 5.88. The van der Waals surface area contributed by atoms with Gasteiger partial charge in [-0.1, -0.05) is 12.1 Å². The molecular weight excluding hydrogens is 290 g/mol. The van der Waals surface area contributed by atoms with Crippen molar-refractivity contribution in [2.75, 3.05) is 13.7 Å². The van der Waals surface area contributed by atoms with Crippen LogP contribution in [-0.2, 0) is 0 Å². The van der Waals surface area contributed by atoms with Crippen molar-refractivity contribution in [3.05, 3.63) is 48.0 Å². The van der Waals surface area contributed by atoms with Crippen molar-refractivity contribution in [1.82, 2.24) is 0 Å². The van der Waals surface area contributed by atoms with Crippen molar-refractivity contribution in [1.29, 1.82) is 0 Å². The number of ether oxygens (including phenoxy) is 3. The molecule has 0 aliphatic rings. The smallest absolute Gasteiger partial charge is 0.170 e. The third-order valence-corrected chi connectivity index (χ3v) is 3.06. The summed E-state index contributed by atoms with van der Waals surface area (Å²) >= 11 is 0. The molecule has 4 heteroatoms. The molecule has 0 heterocycles. The molecule has 0 fully saturated rings. The second kappa shape index (κ2) is 8.22. The Hall–Kier alpha value is -2.49. The second-order valence-electron chi connectivity index (χ2n) is 5.23. The van der Waals surface area contributed by atoms with Gasteiger partial charge in [-0.3, -0.25) is 4.99 Å². The summed E-state index contributed by atoms with van der Waals surface area (Å²) in [4.78, 5) is 4.52. The number of hydrogen-bond donors (Lipinski definition) is 0. The predicted molar refractivity (Wildman–Crippen MR) is 93.6 cm³/mol. The van der Waals surface area contributed by atoms with Crippen molar-refractivity contribution in [2.24, 2.45) is 4.99 Å². The van der Waals surface area contributed by atoms with Gasteiger partial charge in [0.1, 0.15) is 5.75 Å². The third kappa shape index (κ3) is 4.74. The summed E-state index contributed by atoms with van der Waals surface area (Å²) in [5.41, 5.74) is 1.70. The van der Waals surface area contributed by atoms with Gasteiger partial charge in [0.05, 0.1) is 25.5 Å². The summed E-state index contributed by atoms with van der Waals surface area (Å²) in [6.45, 7) is 6.56. The Balaban J connectivity index is 2.30. The minimum Gasteiger partial charge on any atom is -0.494 e. The molecule has 122 valence electrons. The van der Waals surface area contributed by atoms with E-state index in [0.717, 1.165) is 17.0 Å². The standard InChI is InChI=1S/C19H23NO3/c1-5-22-17-10-7-9-16(12-17)20-13-15-8-6-11-18(21-4)19(15)23-14(2)3/h6-14H,5H2,1-4H3. The number of aliphatic imine (C=N–C) groups is 1. The van der Waals surface area contributed by atoms with Gasteiger partial charge in [0.2, 0.25) is 0 Å². The van der Waals surface area contributed by atoms with Crippen LogP contribution in [0.5, 0.6) is 17.2 Å². The van der Waals surface area contributed by atoms with E-state index < -0.39 is 0 Å². The molecule has 2 aromatic rings. The molecule has 0 N–H and O–H groups in total. The van der Waals surface area contributed by atoms with Crippen molar-refractivity contribution >= 4 is 11.9 Å². The van der Waals surface area contributed by atoms with Crippen LogP contribution in [0.2, 0.25) is 0 Å². The first-order valence-electron chi connectivity index (χ1n) is 7.74. The highest BCUT2D eigenvalue weighted by Crippen LogP contribution is 2.31. The molecule has 4 nitrogen and oxygen atoms in total. The minimum absolute atomic E-state index is 0.0553. The van der Waals surface area contributed by atoms with Gasteiger partial charge >= 0.3 is 0 Å². The van der Waals surface area contributed by atoms with Gasteiger partial charge in [-0.05, 0) is 45.0 Å². The number of rotatable bonds is 7. The molecule has 0 unspecified atom stereocenters. The average molecular weight is 313 g/mol. The van der Waals surface area contributed by atoms with E-state index in [0.29, 0.717) is 18.1 Å². The summed E-state index contributed by atoms with van der Waals surface area (Å²) in [6, 6.07) is 13.4. The average Bonchev–Trinajstić information content (AvgIpc) is 2.54. The lowest BCUT2D eigenvalue weighted by Crippen LogP contribution is -2.08. The van der Waals surface area contributed by atoms with Gasteiger partial charge in [0.15, 0.2) is 11.5 Å². The Labute approximate surface area is 137 Å². The SMILES string of the molecule is CCOc1cccc(N=Cc2cccc(OC)c2OC(C)C)c1. The lowest BCUT2D eigenvalue weighted by atomic mass is 10.2. The van der Waals surface area contributed by atoms with Crippen LogP contribution in [0.3, 0.4) is 0 Å². The zero-order valence-electron chi connectivity index (χ0n) is 14.1. The van der Waals surface area contributed by atoms with Crippen LogP contribution < -0.4 is 14.2 Å². The molecule has 2 rings (SSSR count). The first kappa shape index (κ1) is 16.9. The summed E-state index contributed by atoms with van der Waals surface area (Å²) < 4.78 is 16.8. The Morgan fingerprint density at radius 2 is 1.91 bits per heavy atom. The molecule has 2 aromatic carbocycles. The Kier molecular flexibility index (Phi) is 6.03. The lowest BCUT2D eigenvalue weighted by Gasteiger charge is -2.15. The molecule has 23 heavy (non-hydrogen) atoms. The quantitative estimate of drug-likeness (QED) is 0.700. The van der Waals surface area contributed by atoms with Gasteiger partial charge in [0.25, 0.3) is 0 Å². The van der Waals surface area contributed by atoms with Crippen LogP contribution in [-0.4, -0.2) is 26.0 Å². The Morgan fingerprint density at radius 3 is 2.61 bits per heavy atom. The maximum absolute atomic E-state index is 5.88. The number of hydrogen-bond acceptors (Lipinski definition) is 4. The number of methoxy groups -OCH3 is 1. The molecule has 0 aromatic heterocycles. The van der Waals surface area contributed by atoms with Gasteiger partial charge in [-0.25, -0.2) is 0 Å². The van der Waals surface area contributed by atoms with E-state index in [1.54, 1.807) is 13.3 Å². The van der Waals surface area contributed by atoms with Crippen LogP contribution in [0, 0.1) is 0 Å². The van der Waals surface area contributed by atoms with Gasteiger partial charge in [0, 0.05) is 17.8 Å². The molecule has 0 spiro atoms. The zero-order chi connectivity index (χ0) is 16.7. The van der Waals surface area contributed by atoms with Crippen LogP contribution in [0.15, 0.2) is 47.5 Å². The Bertz CT molecular complexity index is 665. The highest BCUT2D eigenvalue weighted by Gasteiger charge is 2.10. The van der Waals surface area contributed by atoms with E-state index in [9.17, 15) is 0 Å². The highest BCUT2D eigenvalue weighted by molar-refractivity contribution is 5.87. The van der Waals surface area contributed by atoms with Crippen molar-refractivity contribution in [3.63, 3.8) is 0 Å². The largest absolute Gasteiger partial charge is 0.494 e. The molecule has 0 saturated heterocycles. The number of nitrogens with zero attached hydrogens (tertiary/aromatic N) is 1. The van der Waals surface area contributed by atoms with E-state index in [1.807, 2.05) is 63.2 Å². The van der Waals surface area contributed by atoms with Crippen LogP contribution >= 0.6 is 0 Å². The zero-order valence-corrected chi connectivity index (χ0v) is 14.1. The summed E-state index contributed by atoms with van der Waals surface area (Å²) in [6.07, 6.45) is 1.84. The molecule has 0 bridgehead atoms. The summed E-state index contributed by atoms with van der Waals surface area (Å²) in [5.74, 6) is 2.21. The van der Waals surface area contributed by atoms with Crippen LogP contribution in [0.1, 0.15) is 26.3 Å². The monoisotopic (exact) mass is 313 g/mol. The van der Waals surface area contributed by atoms with Crippen LogP contribution in [0.4, 0.5) is 5.69 Å². The molecule has 0 aliphatic carbocycles. The van der Waals surface area contributed by atoms with Gasteiger partial charge < -0.3 is 14.2 Å². The molecule has 0 saturated carbocycles. The summed E-state index contributed by atoms with van der Waals surface area (Å²) in [7, 11) is 1.63. The molecule has 0 amide bonds. The minimum atomic E-state index is 0.0553. The van der Waals surface area contributed by atoms with Crippen LogP contribution in [0.25, 0.3) is 0 Å². The predicted octanol–water partition coefficient (Wildman–Crippen LogP) is 4.63. The van der Waals surface area contributed by atoms with E-state index >= 15 is 0 Å². The van der Waals surface area contributed by atoms with Crippen molar-refractivity contribution in [3.8, 4) is 17.2 Å². The van der Waals surface area contributed by atoms with E-state index in [4.69, 9.17) is 14.2 Å². The molecule has 0 radical (unpaired) electrons. The van der Waals surface area contributed by atoms with Gasteiger partial charge in [-0.15, -0.1) is 0 Å². The highest BCUT2D eigenvalue weighted by atomic mass is 16.5. The third-order valence-electron chi connectivity index (χ3n) is 3.06. The fourth-order valence-corrected chi connectivity index (χ4v) is 2.12. The molecule has 0 aliphatic heterocycles. The normalized spacial score (nSPS) is 11.0. The fraction of sp³-hybridized carbons (Fsp3) is 0.316. The van der Waals surface area contributed by atoms with E-state index in [1.165, 1.54) is 0 Å². The summed E-state index contributed by atoms with van der Waals surface area (Å²) in [5, 5.41) is 0. The first-order valence-corrected chi connectivity index (χ1v) is 7.74. The first-order chi connectivity index (χ1) is 11.1. The van der Waals surface area contributed by atoms with Gasteiger partial charge in [-0.2, -0.15) is 0 Å². The van der Waals surface area contributed by atoms with E-state index in [2.05, 4.69) is 4.99 Å². The van der Waals surface area contributed by atoms with E-state index in [-0.39, 0.29) is 6.10 Å². The molecular formula is C19H23NO3.